The third-order valence-electron chi connectivity index (χ3n) is 8.19. The number of nitrogen functional groups attached to an aromatic ring is 1. The van der Waals surface area contributed by atoms with Gasteiger partial charge in [-0.15, -0.1) is 0 Å². The van der Waals surface area contributed by atoms with Gasteiger partial charge in [0, 0.05) is 55.6 Å². The minimum atomic E-state index is 0.350. The number of nitrogens with two attached hydrogens (primary N) is 1. The molecule has 0 bridgehead atoms. The van der Waals surface area contributed by atoms with E-state index in [-0.39, 0.29) is 0 Å². The van der Waals surface area contributed by atoms with Crippen LogP contribution in [0.15, 0.2) is 97.7 Å². The first-order valence-electron chi connectivity index (χ1n) is 14.0. The van der Waals surface area contributed by atoms with Crippen molar-refractivity contribution in [3.8, 4) is 28.3 Å². The molecule has 2 aromatic carbocycles. The van der Waals surface area contributed by atoms with Crippen LogP contribution in [-0.2, 0) is 6.54 Å². The highest BCUT2D eigenvalue weighted by atomic mass is 15.4. The molecule has 42 heavy (non-hydrogen) atoms. The van der Waals surface area contributed by atoms with Crippen LogP contribution in [0.2, 0.25) is 0 Å². The van der Waals surface area contributed by atoms with E-state index >= 15 is 0 Å². The summed E-state index contributed by atoms with van der Waals surface area (Å²) in [6.07, 6.45) is 4.81. The maximum atomic E-state index is 6.32. The monoisotopic (exact) mass is 552 g/mol. The molecule has 2 aliphatic rings. The molecule has 2 N–H and O–H groups in total. The van der Waals surface area contributed by atoms with Crippen LogP contribution in [0, 0.1) is 5.41 Å². The Morgan fingerprint density at radius 3 is 2.31 bits per heavy atom. The van der Waals surface area contributed by atoms with E-state index in [9.17, 15) is 0 Å². The maximum absolute atomic E-state index is 6.32. The van der Waals surface area contributed by atoms with Crippen LogP contribution in [0.5, 0.6) is 0 Å². The van der Waals surface area contributed by atoms with Crippen molar-refractivity contribution in [3.05, 3.63) is 103 Å². The van der Waals surface area contributed by atoms with Crippen LogP contribution < -0.4 is 10.6 Å². The van der Waals surface area contributed by atoms with Crippen LogP contribution in [0.1, 0.15) is 5.56 Å². The standard InChI is InChI=1S/C32H28N10/c33-28-25(7-4-14-35-28)29-39-27-13-12-26(23-5-2-1-3-6-23)38-30(27)42(29)24-10-8-22(9-11-24)15-40-16-32(17-40)18-41(19-32)31-36-20-34-21-37-31/h1-14,20-21H,15-19H2,(H2,33,35). The number of fused-ring (bicyclic) bond motifs is 1. The van der Waals surface area contributed by atoms with Gasteiger partial charge in [-0.05, 0) is 42.0 Å². The highest BCUT2D eigenvalue weighted by Gasteiger charge is 2.52. The predicted molar refractivity (Wildman–Crippen MR) is 162 cm³/mol. The predicted octanol–water partition coefficient (Wildman–Crippen LogP) is 4.24. The van der Waals surface area contributed by atoms with Crippen molar-refractivity contribution in [1.29, 1.82) is 0 Å². The van der Waals surface area contributed by atoms with Crippen LogP contribution in [0.3, 0.4) is 0 Å². The molecule has 4 aromatic heterocycles. The molecule has 6 heterocycles. The van der Waals surface area contributed by atoms with E-state index in [4.69, 9.17) is 15.7 Å². The summed E-state index contributed by atoms with van der Waals surface area (Å²) in [4.78, 5) is 31.6. The molecule has 0 radical (unpaired) electrons. The van der Waals surface area contributed by atoms with Crippen molar-refractivity contribution < 1.29 is 0 Å². The lowest BCUT2D eigenvalue weighted by Crippen LogP contribution is -2.72. The summed E-state index contributed by atoms with van der Waals surface area (Å²) >= 11 is 0. The highest BCUT2D eigenvalue weighted by Crippen LogP contribution is 2.41. The summed E-state index contributed by atoms with van der Waals surface area (Å²) in [6.45, 7) is 5.08. The van der Waals surface area contributed by atoms with Gasteiger partial charge >= 0.3 is 0 Å². The minimum Gasteiger partial charge on any atom is -0.383 e. The molecule has 6 aromatic rings. The van der Waals surface area contributed by atoms with Crippen LogP contribution in [-0.4, -0.2) is 65.5 Å². The normalized spacial score (nSPS) is 16.0. The smallest absolute Gasteiger partial charge is 0.228 e. The Labute approximate surface area is 242 Å². The summed E-state index contributed by atoms with van der Waals surface area (Å²) in [5.41, 5.74) is 13.2. The number of aromatic nitrogens is 7. The molecule has 10 nitrogen and oxygen atoms in total. The number of imidazole rings is 1. The topological polar surface area (TPSA) is 115 Å². The molecule has 0 amide bonds. The van der Waals surface area contributed by atoms with Gasteiger partial charge in [-0.25, -0.2) is 29.9 Å². The molecule has 206 valence electrons. The van der Waals surface area contributed by atoms with E-state index in [0.717, 1.165) is 78.2 Å². The first kappa shape index (κ1) is 24.6. The van der Waals surface area contributed by atoms with Gasteiger partial charge in [-0.3, -0.25) is 9.47 Å². The fourth-order valence-corrected chi connectivity index (χ4v) is 6.28. The fraction of sp³-hybridized carbons (Fsp3) is 0.188. The zero-order valence-electron chi connectivity index (χ0n) is 22.9. The van der Waals surface area contributed by atoms with E-state index in [1.54, 1.807) is 18.9 Å². The molecule has 0 atom stereocenters. The molecule has 8 rings (SSSR count). The average molecular weight is 553 g/mol. The summed E-state index contributed by atoms with van der Waals surface area (Å²) in [6, 6.07) is 26.7. The number of rotatable bonds is 6. The summed E-state index contributed by atoms with van der Waals surface area (Å²) in [7, 11) is 0. The van der Waals surface area contributed by atoms with Gasteiger partial charge in [0.1, 0.15) is 24.0 Å². The van der Waals surface area contributed by atoms with E-state index in [1.165, 1.54) is 5.56 Å². The Morgan fingerprint density at radius 2 is 1.55 bits per heavy atom. The van der Waals surface area contributed by atoms with Gasteiger partial charge in [0.25, 0.3) is 0 Å². The molecule has 0 aliphatic carbocycles. The number of hydrogen-bond acceptors (Lipinski definition) is 9. The third kappa shape index (κ3) is 4.24. The van der Waals surface area contributed by atoms with E-state index in [1.807, 2.05) is 42.5 Å². The Bertz CT molecular complexity index is 1870. The molecule has 0 unspecified atom stereocenters. The van der Waals surface area contributed by atoms with Crippen LogP contribution in [0.25, 0.3) is 39.5 Å². The van der Waals surface area contributed by atoms with Crippen molar-refractivity contribution in [2.75, 3.05) is 36.8 Å². The largest absolute Gasteiger partial charge is 0.383 e. The van der Waals surface area contributed by atoms with Gasteiger partial charge in [-0.2, -0.15) is 0 Å². The first-order chi connectivity index (χ1) is 20.6. The van der Waals surface area contributed by atoms with E-state index in [0.29, 0.717) is 11.2 Å². The lowest BCUT2D eigenvalue weighted by Gasteiger charge is -2.60. The van der Waals surface area contributed by atoms with Crippen molar-refractivity contribution in [2.45, 2.75) is 6.54 Å². The minimum absolute atomic E-state index is 0.350. The lowest BCUT2D eigenvalue weighted by atomic mass is 9.73. The van der Waals surface area contributed by atoms with Gasteiger partial charge in [0.15, 0.2) is 11.5 Å². The van der Waals surface area contributed by atoms with Crippen molar-refractivity contribution in [1.82, 2.24) is 39.4 Å². The Hall–Kier alpha value is -5.22. The molecule has 10 heteroatoms. The zero-order valence-corrected chi connectivity index (χ0v) is 22.9. The Kier molecular flexibility index (Phi) is 5.68. The highest BCUT2D eigenvalue weighted by molar-refractivity contribution is 5.84. The maximum Gasteiger partial charge on any atom is 0.228 e. The van der Waals surface area contributed by atoms with Crippen molar-refractivity contribution >= 4 is 22.9 Å². The Balaban J connectivity index is 1.06. The van der Waals surface area contributed by atoms with Crippen molar-refractivity contribution in [3.63, 3.8) is 0 Å². The second kappa shape index (κ2) is 9.71. The fourth-order valence-electron chi connectivity index (χ4n) is 6.28. The lowest BCUT2D eigenvalue weighted by molar-refractivity contribution is -0.0280. The zero-order chi connectivity index (χ0) is 28.1. The second-order valence-corrected chi connectivity index (χ2v) is 11.2. The third-order valence-corrected chi connectivity index (χ3v) is 8.19. The summed E-state index contributed by atoms with van der Waals surface area (Å²) in [5, 5.41) is 0. The number of benzene rings is 2. The van der Waals surface area contributed by atoms with Crippen LogP contribution >= 0.6 is 0 Å². The summed E-state index contributed by atoms with van der Waals surface area (Å²) < 4.78 is 2.08. The molecule has 0 saturated carbocycles. The molecule has 1 spiro atoms. The quantitative estimate of drug-likeness (QED) is 0.324. The molecule has 2 aliphatic heterocycles. The molecular weight excluding hydrogens is 524 g/mol. The van der Waals surface area contributed by atoms with Gasteiger partial charge in [-0.1, -0.05) is 42.5 Å². The number of hydrogen-bond donors (Lipinski definition) is 1. The molecule has 2 fully saturated rings. The van der Waals surface area contributed by atoms with E-state index in [2.05, 4.69) is 70.7 Å². The Morgan fingerprint density at radius 1 is 0.762 bits per heavy atom. The van der Waals surface area contributed by atoms with Gasteiger partial charge in [0.05, 0.1) is 11.3 Å². The molecule has 2 saturated heterocycles. The summed E-state index contributed by atoms with van der Waals surface area (Å²) in [5.74, 6) is 1.93. The number of pyridine rings is 2. The SMILES string of the molecule is Nc1ncccc1-c1nc2ccc(-c3ccccc3)nc2n1-c1ccc(CN2CC3(C2)CN(c2ncncn2)C3)cc1. The van der Waals surface area contributed by atoms with Crippen LogP contribution in [0.4, 0.5) is 11.8 Å². The van der Waals surface area contributed by atoms with Gasteiger partial charge in [0.2, 0.25) is 5.95 Å². The second-order valence-electron chi connectivity index (χ2n) is 11.2. The number of anilines is 2. The van der Waals surface area contributed by atoms with E-state index < -0.39 is 0 Å². The number of nitrogens with zero attached hydrogens (tertiary/aromatic N) is 9. The molecular formula is C32H28N10. The number of likely N-dealkylation sites (tertiary alicyclic amines) is 1. The van der Waals surface area contributed by atoms with Gasteiger partial charge < -0.3 is 10.6 Å². The van der Waals surface area contributed by atoms with Crippen molar-refractivity contribution in [2.24, 2.45) is 5.41 Å². The first-order valence-corrected chi connectivity index (χ1v) is 14.0. The average Bonchev–Trinajstić information content (AvgIpc) is 3.37.